The van der Waals surface area contributed by atoms with Gasteiger partial charge in [-0.25, -0.2) is 4.98 Å². The highest BCUT2D eigenvalue weighted by atomic mass is 19.4. The van der Waals surface area contributed by atoms with E-state index in [9.17, 15) is 22.8 Å². The number of anilines is 1. The third kappa shape index (κ3) is 7.71. The first-order valence-electron chi connectivity index (χ1n) is 15.1. The van der Waals surface area contributed by atoms with Gasteiger partial charge in [0.15, 0.2) is 0 Å². The van der Waals surface area contributed by atoms with E-state index in [1.54, 1.807) is 42.6 Å². The van der Waals surface area contributed by atoms with Gasteiger partial charge in [0.25, 0.3) is 11.8 Å². The van der Waals surface area contributed by atoms with E-state index in [0.29, 0.717) is 35.1 Å². The number of nitrogens with zero attached hydrogens (tertiary/aromatic N) is 3. The molecular weight excluding hydrogens is 617 g/mol. The summed E-state index contributed by atoms with van der Waals surface area (Å²) < 4.78 is 39.1. The molecule has 3 N–H and O–H groups in total. The normalized spacial score (nSPS) is 12.0. The minimum atomic E-state index is -4.47. The standard InChI is InChI=1S/C37H29F3N6O2/c38-37(39,40)28-15-11-25(12-16-28)34-29(9-6-20-43-34)36(48)46-33-18-14-26-21-27(13-17-30(26)44-33)35(47)45-32(31-10-4-5-19-42-31)23-41-22-24-7-2-1-3-8-24/h1-21,32,41H,22-23H2,(H,45,47)(H,44,46,48)/t32-/m0/s1. The van der Waals surface area contributed by atoms with E-state index < -0.39 is 17.6 Å². The molecule has 48 heavy (non-hydrogen) atoms. The van der Waals surface area contributed by atoms with Crippen molar-refractivity contribution >= 4 is 28.5 Å². The molecule has 0 bridgehead atoms. The molecule has 0 spiro atoms. The van der Waals surface area contributed by atoms with Crippen molar-refractivity contribution in [3.05, 3.63) is 156 Å². The average Bonchev–Trinajstić information content (AvgIpc) is 3.11. The molecule has 11 heteroatoms. The molecule has 6 aromatic rings. The molecule has 6 rings (SSSR count). The van der Waals surface area contributed by atoms with Crippen LogP contribution in [0.15, 0.2) is 128 Å². The van der Waals surface area contributed by atoms with Crippen LogP contribution in [-0.4, -0.2) is 33.3 Å². The van der Waals surface area contributed by atoms with Crippen LogP contribution in [0.25, 0.3) is 22.2 Å². The van der Waals surface area contributed by atoms with Crippen molar-refractivity contribution in [2.75, 3.05) is 11.9 Å². The molecule has 0 radical (unpaired) electrons. The molecule has 0 aliphatic rings. The highest BCUT2D eigenvalue weighted by Crippen LogP contribution is 2.31. The molecule has 0 fully saturated rings. The van der Waals surface area contributed by atoms with Crippen molar-refractivity contribution in [3.63, 3.8) is 0 Å². The Bertz CT molecular complexity index is 2040. The number of hydrogen-bond acceptors (Lipinski definition) is 6. The Kier molecular flexibility index (Phi) is 9.49. The van der Waals surface area contributed by atoms with Gasteiger partial charge >= 0.3 is 6.18 Å². The van der Waals surface area contributed by atoms with Gasteiger partial charge in [0, 0.05) is 42.0 Å². The van der Waals surface area contributed by atoms with Crippen LogP contribution in [-0.2, 0) is 12.7 Å². The van der Waals surface area contributed by atoms with E-state index in [0.717, 1.165) is 23.4 Å². The first kappa shape index (κ1) is 32.0. The second-order valence-corrected chi connectivity index (χ2v) is 10.9. The zero-order valence-corrected chi connectivity index (χ0v) is 25.4. The van der Waals surface area contributed by atoms with Crippen molar-refractivity contribution < 1.29 is 22.8 Å². The van der Waals surface area contributed by atoms with Gasteiger partial charge in [0.2, 0.25) is 0 Å². The van der Waals surface area contributed by atoms with Crippen LogP contribution in [0.5, 0.6) is 0 Å². The maximum absolute atomic E-state index is 13.4. The summed E-state index contributed by atoms with van der Waals surface area (Å²) in [5, 5.41) is 9.91. The Morgan fingerprint density at radius 1 is 0.750 bits per heavy atom. The second kappa shape index (κ2) is 14.2. The van der Waals surface area contributed by atoms with Crippen LogP contribution in [0, 0.1) is 0 Å². The maximum Gasteiger partial charge on any atom is 0.416 e. The number of carbonyl (C=O) groups excluding carboxylic acids is 2. The molecule has 0 aliphatic carbocycles. The maximum atomic E-state index is 13.4. The summed E-state index contributed by atoms with van der Waals surface area (Å²) in [7, 11) is 0. The SMILES string of the molecule is O=C(N[C@@H](CNCc1ccccc1)c1ccccn1)c1ccc2nc(NC(=O)c3cccnc3-c3ccc(C(F)(F)F)cc3)ccc2c1. The fourth-order valence-corrected chi connectivity index (χ4v) is 5.17. The predicted molar refractivity (Wildman–Crippen MR) is 177 cm³/mol. The first-order chi connectivity index (χ1) is 23.2. The van der Waals surface area contributed by atoms with Crippen LogP contribution >= 0.6 is 0 Å². The van der Waals surface area contributed by atoms with E-state index in [-0.39, 0.29) is 29.0 Å². The Morgan fingerprint density at radius 2 is 1.52 bits per heavy atom. The van der Waals surface area contributed by atoms with Gasteiger partial charge in [0.05, 0.1) is 34.1 Å². The number of fused-ring (bicyclic) bond motifs is 1. The van der Waals surface area contributed by atoms with Crippen LogP contribution in [0.4, 0.5) is 19.0 Å². The Labute approximate surface area is 274 Å². The molecule has 3 heterocycles. The van der Waals surface area contributed by atoms with Gasteiger partial charge in [-0.2, -0.15) is 13.2 Å². The van der Waals surface area contributed by atoms with Crippen LogP contribution in [0.1, 0.15) is 43.6 Å². The average molecular weight is 647 g/mol. The molecule has 0 unspecified atom stereocenters. The summed E-state index contributed by atoms with van der Waals surface area (Å²) in [6.45, 7) is 1.10. The van der Waals surface area contributed by atoms with Gasteiger partial charge in [0.1, 0.15) is 5.82 Å². The van der Waals surface area contributed by atoms with Gasteiger partial charge in [-0.3, -0.25) is 19.6 Å². The minimum absolute atomic E-state index is 0.173. The molecule has 8 nitrogen and oxygen atoms in total. The number of amides is 2. The highest BCUT2D eigenvalue weighted by Gasteiger charge is 2.30. The molecular formula is C37H29F3N6O2. The van der Waals surface area contributed by atoms with E-state index in [2.05, 4.69) is 30.9 Å². The smallest absolute Gasteiger partial charge is 0.342 e. The first-order valence-corrected chi connectivity index (χ1v) is 15.1. The zero-order chi connectivity index (χ0) is 33.5. The van der Waals surface area contributed by atoms with Gasteiger partial charge in [-0.15, -0.1) is 0 Å². The predicted octanol–water partition coefficient (Wildman–Crippen LogP) is 7.22. The largest absolute Gasteiger partial charge is 0.416 e. The molecule has 0 aliphatic heterocycles. The Balaban J connectivity index is 1.15. The molecule has 1 atom stereocenters. The lowest BCUT2D eigenvalue weighted by atomic mass is 10.0. The van der Waals surface area contributed by atoms with Gasteiger partial charge in [-0.05, 0) is 72.3 Å². The molecule has 3 aromatic carbocycles. The topological polar surface area (TPSA) is 109 Å². The number of nitrogens with one attached hydrogen (secondary N) is 3. The number of rotatable bonds is 10. The molecule has 240 valence electrons. The summed E-state index contributed by atoms with van der Waals surface area (Å²) in [4.78, 5) is 39.9. The van der Waals surface area contributed by atoms with Crippen molar-refractivity contribution in [2.24, 2.45) is 0 Å². The number of pyridine rings is 3. The van der Waals surface area contributed by atoms with E-state index in [1.165, 1.54) is 24.4 Å². The summed E-state index contributed by atoms with van der Waals surface area (Å²) in [5.41, 5.74) is 2.81. The number of alkyl halides is 3. The van der Waals surface area contributed by atoms with E-state index in [1.807, 2.05) is 48.5 Å². The summed E-state index contributed by atoms with van der Waals surface area (Å²) >= 11 is 0. The van der Waals surface area contributed by atoms with Gasteiger partial charge < -0.3 is 16.0 Å². The Morgan fingerprint density at radius 3 is 2.27 bits per heavy atom. The van der Waals surface area contributed by atoms with Crippen molar-refractivity contribution in [1.82, 2.24) is 25.6 Å². The van der Waals surface area contributed by atoms with Crippen LogP contribution in [0.3, 0.4) is 0 Å². The third-order valence-corrected chi connectivity index (χ3v) is 7.60. The van der Waals surface area contributed by atoms with E-state index in [4.69, 9.17) is 0 Å². The van der Waals surface area contributed by atoms with Gasteiger partial charge in [-0.1, -0.05) is 48.5 Å². The van der Waals surface area contributed by atoms with Crippen molar-refractivity contribution in [2.45, 2.75) is 18.8 Å². The Hall–Kier alpha value is -5.94. The highest BCUT2D eigenvalue weighted by molar-refractivity contribution is 6.08. The lowest BCUT2D eigenvalue weighted by Gasteiger charge is -2.19. The fraction of sp³-hybridized carbons (Fsp3) is 0.108. The number of benzene rings is 3. The van der Waals surface area contributed by atoms with E-state index >= 15 is 0 Å². The molecule has 3 aromatic heterocycles. The molecule has 0 saturated carbocycles. The minimum Gasteiger partial charge on any atom is -0.342 e. The number of carbonyl (C=O) groups is 2. The number of halogens is 3. The summed E-state index contributed by atoms with van der Waals surface area (Å²) in [6, 6.07) is 31.2. The quantitative estimate of drug-likeness (QED) is 0.145. The number of hydrogen-bond donors (Lipinski definition) is 3. The lowest BCUT2D eigenvalue weighted by Crippen LogP contribution is -2.36. The van der Waals surface area contributed by atoms with Crippen molar-refractivity contribution in [3.8, 4) is 11.3 Å². The van der Waals surface area contributed by atoms with Crippen LogP contribution in [0.2, 0.25) is 0 Å². The molecule has 0 saturated heterocycles. The monoisotopic (exact) mass is 646 g/mol. The fourth-order valence-electron chi connectivity index (χ4n) is 5.17. The molecule has 2 amide bonds. The third-order valence-electron chi connectivity index (χ3n) is 7.60. The van der Waals surface area contributed by atoms with Crippen LogP contribution < -0.4 is 16.0 Å². The summed E-state index contributed by atoms with van der Waals surface area (Å²) in [6.07, 6.45) is -1.32. The second-order valence-electron chi connectivity index (χ2n) is 10.9. The summed E-state index contributed by atoms with van der Waals surface area (Å²) in [5.74, 6) is -0.548. The lowest BCUT2D eigenvalue weighted by molar-refractivity contribution is -0.137. The number of aromatic nitrogens is 3. The van der Waals surface area contributed by atoms with Crippen molar-refractivity contribution in [1.29, 1.82) is 0 Å². The zero-order valence-electron chi connectivity index (χ0n) is 25.4.